The van der Waals surface area contributed by atoms with Crippen molar-refractivity contribution >= 4 is 11.6 Å². The Kier molecular flexibility index (Phi) is 3.21. The summed E-state index contributed by atoms with van der Waals surface area (Å²) in [6, 6.07) is 3.80. The summed E-state index contributed by atoms with van der Waals surface area (Å²) in [4.78, 5) is 16.7. The summed E-state index contributed by atoms with van der Waals surface area (Å²) in [7, 11) is 1.89. The molecule has 6 nitrogen and oxygen atoms in total. The van der Waals surface area contributed by atoms with E-state index in [9.17, 15) is 4.79 Å². The molecule has 0 radical (unpaired) electrons. The summed E-state index contributed by atoms with van der Waals surface area (Å²) in [6.07, 6.45) is 7.06. The first kappa shape index (κ1) is 13.4. The first-order valence-corrected chi connectivity index (χ1v) is 6.78. The molecule has 3 heterocycles. The van der Waals surface area contributed by atoms with Crippen molar-refractivity contribution in [1.82, 2.24) is 24.5 Å². The van der Waals surface area contributed by atoms with E-state index in [2.05, 4.69) is 15.4 Å². The van der Waals surface area contributed by atoms with E-state index in [1.807, 2.05) is 50.0 Å². The second-order valence-corrected chi connectivity index (χ2v) is 5.16. The van der Waals surface area contributed by atoms with Gasteiger partial charge in [-0.2, -0.15) is 5.10 Å². The highest BCUT2D eigenvalue weighted by Crippen LogP contribution is 2.15. The molecule has 0 saturated carbocycles. The predicted octanol–water partition coefficient (Wildman–Crippen LogP) is 1.87. The van der Waals surface area contributed by atoms with Crippen LogP contribution in [0, 0.1) is 6.92 Å². The molecule has 0 aliphatic heterocycles. The lowest BCUT2D eigenvalue weighted by Crippen LogP contribution is -2.26. The van der Waals surface area contributed by atoms with Crippen LogP contribution in [-0.4, -0.2) is 25.1 Å². The van der Waals surface area contributed by atoms with Gasteiger partial charge in [-0.05, 0) is 25.5 Å². The molecule has 6 heteroatoms. The van der Waals surface area contributed by atoms with Crippen LogP contribution in [0.3, 0.4) is 0 Å². The lowest BCUT2D eigenvalue weighted by molar-refractivity contribution is 0.0941. The minimum Gasteiger partial charge on any atom is -0.345 e. The predicted molar refractivity (Wildman–Crippen MR) is 79.0 cm³/mol. The minimum atomic E-state index is -0.139. The lowest BCUT2D eigenvalue weighted by atomic mass is 10.1. The fourth-order valence-corrected chi connectivity index (χ4v) is 2.30. The molecule has 0 aliphatic rings. The highest BCUT2D eigenvalue weighted by molar-refractivity contribution is 6.00. The molecule has 3 aromatic heterocycles. The van der Waals surface area contributed by atoms with Gasteiger partial charge in [0, 0.05) is 31.3 Å². The molecular weight excluding hydrogens is 266 g/mol. The molecule has 1 atom stereocenters. The van der Waals surface area contributed by atoms with E-state index in [1.54, 1.807) is 16.9 Å². The number of imidazole rings is 1. The van der Waals surface area contributed by atoms with E-state index in [0.717, 1.165) is 16.9 Å². The van der Waals surface area contributed by atoms with E-state index in [4.69, 9.17) is 0 Å². The van der Waals surface area contributed by atoms with E-state index < -0.39 is 0 Å². The van der Waals surface area contributed by atoms with Crippen molar-refractivity contribution in [3.8, 4) is 0 Å². The number of carbonyl (C=O) groups is 1. The summed E-state index contributed by atoms with van der Waals surface area (Å²) in [6.45, 7) is 3.88. The van der Waals surface area contributed by atoms with Crippen molar-refractivity contribution in [3.05, 3.63) is 53.7 Å². The molecule has 0 aliphatic carbocycles. The smallest absolute Gasteiger partial charge is 0.257 e. The van der Waals surface area contributed by atoms with Crippen molar-refractivity contribution in [2.45, 2.75) is 19.9 Å². The van der Waals surface area contributed by atoms with Crippen LogP contribution in [0.2, 0.25) is 0 Å². The van der Waals surface area contributed by atoms with Crippen molar-refractivity contribution in [3.63, 3.8) is 0 Å². The number of rotatable bonds is 3. The van der Waals surface area contributed by atoms with Gasteiger partial charge in [-0.3, -0.25) is 9.78 Å². The Hall–Kier alpha value is -2.63. The fourth-order valence-electron chi connectivity index (χ4n) is 2.30. The van der Waals surface area contributed by atoms with Crippen LogP contribution in [0.15, 0.2) is 36.9 Å². The van der Waals surface area contributed by atoms with Gasteiger partial charge in [-0.15, -0.1) is 0 Å². The molecule has 108 valence electrons. The molecular formula is C15H17N5O. The van der Waals surface area contributed by atoms with Gasteiger partial charge in [0.1, 0.15) is 11.2 Å². The first-order chi connectivity index (χ1) is 10.1. The Balaban J connectivity index is 1.82. The van der Waals surface area contributed by atoms with Gasteiger partial charge < -0.3 is 9.88 Å². The Morgan fingerprint density at radius 2 is 2.10 bits per heavy atom. The highest BCUT2D eigenvalue weighted by Gasteiger charge is 2.17. The summed E-state index contributed by atoms with van der Waals surface area (Å²) < 4.78 is 3.56. The lowest BCUT2D eigenvalue weighted by Gasteiger charge is -2.13. The van der Waals surface area contributed by atoms with Crippen LogP contribution in [0.1, 0.15) is 34.6 Å². The SMILES string of the molecule is Cc1ccc([C@@H](C)NC(=O)c2cnn3ccn(C)c23)cn1. The normalized spacial score (nSPS) is 12.5. The topological polar surface area (TPSA) is 64.2 Å². The molecule has 0 bridgehead atoms. The van der Waals surface area contributed by atoms with Crippen LogP contribution in [0.4, 0.5) is 0 Å². The van der Waals surface area contributed by atoms with E-state index in [-0.39, 0.29) is 11.9 Å². The van der Waals surface area contributed by atoms with E-state index >= 15 is 0 Å². The third-order valence-corrected chi connectivity index (χ3v) is 3.56. The zero-order valence-corrected chi connectivity index (χ0v) is 12.2. The van der Waals surface area contributed by atoms with E-state index in [0.29, 0.717) is 5.56 Å². The van der Waals surface area contributed by atoms with Crippen LogP contribution in [0.5, 0.6) is 0 Å². The van der Waals surface area contributed by atoms with Gasteiger partial charge in [0.05, 0.1) is 12.2 Å². The Bertz CT molecular complexity index is 784. The molecule has 1 amide bonds. The van der Waals surface area contributed by atoms with Crippen LogP contribution in [0.25, 0.3) is 5.65 Å². The van der Waals surface area contributed by atoms with Gasteiger partial charge in [0.15, 0.2) is 0 Å². The van der Waals surface area contributed by atoms with Gasteiger partial charge in [-0.25, -0.2) is 4.52 Å². The Morgan fingerprint density at radius 1 is 1.29 bits per heavy atom. The maximum absolute atomic E-state index is 12.4. The number of aromatic nitrogens is 4. The largest absolute Gasteiger partial charge is 0.345 e. The average molecular weight is 283 g/mol. The molecule has 1 N–H and O–H groups in total. The minimum absolute atomic E-state index is 0.110. The number of fused-ring (bicyclic) bond motifs is 1. The molecule has 0 saturated heterocycles. The zero-order valence-electron chi connectivity index (χ0n) is 12.2. The zero-order chi connectivity index (χ0) is 15.0. The van der Waals surface area contributed by atoms with Crippen molar-refractivity contribution in [2.24, 2.45) is 7.05 Å². The highest BCUT2D eigenvalue weighted by atomic mass is 16.1. The summed E-state index contributed by atoms with van der Waals surface area (Å²) >= 11 is 0. The number of aryl methyl sites for hydroxylation is 2. The molecule has 21 heavy (non-hydrogen) atoms. The van der Waals surface area contributed by atoms with Crippen molar-refractivity contribution < 1.29 is 4.79 Å². The Labute approximate surface area is 122 Å². The van der Waals surface area contributed by atoms with Crippen molar-refractivity contribution in [1.29, 1.82) is 0 Å². The third kappa shape index (κ3) is 2.40. The number of hydrogen-bond donors (Lipinski definition) is 1. The van der Waals surface area contributed by atoms with Crippen LogP contribution in [-0.2, 0) is 7.05 Å². The number of hydrogen-bond acceptors (Lipinski definition) is 3. The molecule has 3 aromatic rings. The number of nitrogens with one attached hydrogen (secondary N) is 1. The maximum Gasteiger partial charge on any atom is 0.257 e. The second kappa shape index (κ2) is 5.05. The fraction of sp³-hybridized carbons (Fsp3) is 0.267. The third-order valence-electron chi connectivity index (χ3n) is 3.56. The molecule has 0 aromatic carbocycles. The number of nitrogens with zero attached hydrogens (tertiary/aromatic N) is 4. The van der Waals surface area contributed by atoms with Crippen LogP contribution < -0.4 is 5.32 Å². The van der Waals surface area contributed by atoms with Crippen LogP contribution >= 0.6 is 0 Å². The first-order valence-electron chi connectivity index (χ1n) is 6.78. The monoisotopic (exact) mass is 283 g/mol. The van der Waals surface area contributed by atoms with E-state index in [1.165, 1.54) is 0 Å². The summed E-state index contributed by atoms with van der Waals surface area (Å²) in [5, 5.41) is 7.16. The van der Waals surface area contributed by atoms with Gasteiger partial charge in [0.2, 0.25) is 0 Å². The molecule has 0 unspecified atom stereocenters. The van der Waals surface area contributed by atoms with Crippen molar-refractivity contribution in [2.75, 3.05) is 0 Å². The number of amides is 1. The Morgan fingerprint density at radius 3 is 2.81 bits per heavy atom. The average Bonchev–Trinajstić information content (AvgIpc) is 3.03. The molecule has 3 rings (SSSR count). The number of carbonyl (C=O) groups excluding carboxylic acids is 1. The maximum atomic E-state index is 12.4. The molecule has 0 spiro atoms. The number of pyridine rings is 1. The summed E-state index contributed by atoms with van der Waals surface area (Å²) in [5.74, 6) is -0.139. The van der Waals surface area contributed by atoms with Gasteiger partial charge >= 0.3 is 0 Å². The van der Waals surface area contributed by atoms with Gasteiger partial charge in [-0.1, -0.05) is 6.07 Å². The molecule has 0 fully saturated rings. The van der Waals surface area contributed by atoms with Gasteiger partial charge in [0.25, 0.3) is 5.91 Å². The second-order valence-electron chi connectivity index (χ2n) is 5.16. The summed E-state index contributed by atoms with van der Waals surface area (Å²) in [5.41, 5.74) is 3.28. The quantitative estimate of drug-likeness (QED) is 0.798. The standard InChI is InChI=1S/C15H17N5O/c1-10-4-5-12(8-16-10)11(2)18-14(21)13-9-17-20-7-6-19(3)15(13)20/h4-9,11H,1-3H3,(H,18,21)/t11-/m1/s1.